The first-order chi connectivity index (χ1) is 9.70. The lowest BCUT2D eigenvalue weighted by atomic mass is 9.93. The Kier molecular flexibility index (Phi) is 6.25. The number of alkyl halides is 3. The number of halogens is 3. The summed E-state index contributed by atoms with van der Waals surface area (Å²) in [4.78, 5) is 24.2. The van der Waals surface area contributed by atoms with Crippen LogP contribution in [0.15, 0.2) is 0 Å². The zero-order valence-electron chi connectivity index (χ0n) is 11.7. The third-order valence-electron chi connectivity index (χ3n) is 3.20. The molecule has 1 fully saturated rings. The molecule has 1 heterocycles. The maximum atomic E-state index is 11.9. The van der Waals surface area contributed by atoms with Crippen LogP contribution in [0.2, 0.25) is 0 Å². The minimum absolute atomic E-state index is 0.104. The third-order valence-corrected chi connectivity index (χ3v) is 3.20. The van der Waals surface area contributed by atoms with E-state index in [1.807, 2.05) is 6.92 Å². The number of carboxylic acids is 1. The molecule has 1 rings (SSSR count). The van der Waals surface area contributed by atoms with E-state index >= 15 is 0 Å². The van der Waals surface area contributed by atoms with Crippen molar-refractivity contribution >= 4 is 12.0 Å². The summed E-state index contributed by atoms with van der Waals surface area (Å²) in [5.41, 5.74) is 0. The number of hydrogen-bond acceptors (Lipinski definition) is 3. The zero-order chi connectivity index (χ0) is 16.0. The van der Waals surface area contributed by atoms with Crippen molar-refractivity contribution in [3.63, 3.8) is 0 Å². The van der Waals surface area contributed by atoms with Gasteiger partial charge in [-0.1, -0.05) is 6.92 Å². The average molecular weight is 312 g/mol. The van der Waals surface area contributed by atoms with Gasteiger partial charge in [-0.15, -0.1) is 0 Å². The van der Waals surface area contributed by atoms with Crippen molar-refractivity contribution in [2.75, 3.05) is 26.3 Å². The summed E-state index contributed by atoms with van der Waals surface area (Å²) in [6.07, 6.45) is -3.34. The molecule has 2 atom stereocenters. The Hall–Kier alpha value is -1.51. The summed E-state index contributed by atoms with van der Waals surface area (Å²) < 4.78 is 39.8. The Balaban J connectivity index is 2.35. The fourth-order valence-electron chi connectivity index (χ4n) is 2.14. The summed E-state index contributed by atoms with van der Waals surface area (Å²) >= 11 is 0. The number of urea groups is 1. The van der Waals surface area contributed by atoms with Gasteiger partial charge in [0.05, 0.1) is 6.61 Å². The number of amides is 2. The van der Waals surface area contributed by atoms with Gasteiger partial charge < -0.3 is 20.1 Å². The van der Waals surface area contributed by atoms with Crippen LogP contribution in [0.3, 0.4) is 0 Å². The van der Waals surface area contributed by atoms with E-state index in [0.29, 0.717) is 19.4 Å². The normalized spacial score (nSPS) is 23.0. The topological polar surface area (TPSA) is 78.9 Å². The molecule has 0 aromatic carbocycles. The number of nitrogens with zero attached hydrogens (tertiary/aromatic N) is 1. The molecule has 1 aliphatic rings. The molecule has 9 heteroatoms. The van der Waals surface area contributed by atoms with Gasteiger partial charge in [0.1, 0.15) is 12.6 Å². The van der Waals surface area contributed by atoms with Gasteiger partial charge in [-0.25, -0.2) is 9.59 Å². The fraction of sp³-hybridized carbons (Fsp3) is 0.833. The summed E-state index contributed by atoms with van der Waals surface area (Å²) in [5.74, 6) is -0.865. The second-order valence-electron chi connectivity index (χ2n) is 5.08. The van der Waals surface area contributed by atoms with Crippen LogP contribution in [0.4, 0.5) is 18.0 Å². The number of ether oxygens (including phenoxy) is 1. The Morgan fingerprint density at radius 2 is 2.10 bits per heavy atom. The summed E-state index contributed by atoms with van der Waals surface area (Å²) in [7, 11) is 0. The number of aliphatic carboxylic acids is 1. The molecular weight excluding hydrogens is 293 g/mol. The maximum absolute atomic E-state index is 11.9. The van der Waals surface area contributed by atoms with Crippen LogP contribution in [0.1, 0.15) is 19.8 Å². The molecule has 0 radical (unpaired) electrons. The highest BCUT2D eigenvalue weighted by molar-refractivity contribution is 5.82. The van der Waals surface area contributed by atoms with Crippen molar-refractivity contribution in [1.29, 1.82) is 0 Å². The van der Waals surface area contributed by atoms with Gasteiger partial charge in [0.2, 0.25) is 0 Å². The molecule has 1 saturated heterocycles. The molecule has 2 unspecified atom stereocenters. The van der Waals surface area contributed by atoms with Crippen LogP contribution in [-0.2, 0) is 9.53 Å². The maximum Gasteiger partial charge on any atom is 0.411 e. The van der Waals surface area contributed by atoms with Crippen LogP contribution in [0, 0.1) is 5.92 Å². The minimum atomic E-state index is -4.40. The van der Waals surface area contributed by atoms with Gasteiger partial charge in [0.15, 0.2) is 0 Å². The summed E-state index contributed by atoms with van der Waals surface area (Å²) in [6.45, 7) is 0.464. The first-order valence-electron chi connectivity index (χ1n) is 6.62. The SMILES string of the molecule is CC1CCN(C(=O)NCCOCC(F)(F)F)C(C(=O)O)C1. The van der Waals surface area contributed by atoms with Gasteiger partial charge in [-0.2, -0.15) is 13.2 Å². The first-order valence-corrected chi connectivity index (χ1v) is 6.62. The van der Waals surface area contributed by atoms with E-state index in [1.165, 1.54) is 4.90 Å². The zero-order valence-corrected chi connectivity index (χ0v) is 11.7. The van der Waals surface area contributed by atoms with Crippen LogP contribution in [0.5, 0.6) is 0 Å². The first kappa shape index (κ1) is 17.5. The Morgan fingerprint density at radius 1 is 1.43 bits per heavy atom. The van der Waals surface area contributed by atoms with Crippen LogP contribution >= 0.6 is 0 Å². The molecular formula is C12H19F3N2O4. The molecule has 21 heavy (non-hydrogen) atoms. The number of carboxylic acid groups (broad SMARTS) is 1. The fourth-order valence-corrected chi connectivity index (χ4v) is 2.14. The molecule has 0 aliphatic carbocycles. The number of rotatable bonds is 5. The van der Waals surface area contributed by atoms with Crippen LogP contribution < -0.4 is 5.32 Å². The van der Waals surface area contributed by atoms with Crippen molar-refractivity contribution in [2.45, 2.75) is 32.0 Å². The number of likely N-dealkylation sites (tertiary alicyclic amines) is 1. The predicted molar refractivity (Wildman–Crippen MR) is 66.8 cm³/mol. The molecule has 0 bridgehead atoms. The second-order valence-corrected chi connectivity index (χ2v) is 5.08. The third kappa shape index (κ3) is 6.19. The van der Waals surface area contributed by atoms with E-state index in [-0.39, 0.29) is 19.1 Å². The van der Waals surface area contributed by atoms with E-state index in [4.69, 9.17) is 5.11 Å². The Bertz CT molecular complexity index is 376. The molecule has 0 spiro atoms. The molecule has 0 aromatic rings. The molecule has 122 valence electrons. The molecule has 2 N–H and O–H groups in total. The summed E-state index contributed by atoms with van der Waals surface area (Å²) in [5, 5.41) is 11.5. The van der Waals surface area contributed by atoms with Crippen molar-refractivity contribution in [3.05, 3.63) is 0 Å². The summed E-state index contributed by atoms with van der Waals surface area (Å²) in [6, 6.07) is -1.49. The smallest absolute Gasteiger partial charge is 0.411 e. The van der Waals surface area contributed by atoms with Gasteiger partial charge >= 0.3 is 18.2 Å². The van der Waals surface area contributed by atoms with Crippen LogP contribution in [-0.4, -0.2) is 60.5 Å². The minimum Gasteiger partial charge on any atom is -0.480 e. The van der Waals surface area contributed by atoms with E-state index in [2.05, 4.69) is 10.1 Å². The Morgan fingerprint density at radius 3 is 2.67 bits per heavy atom. The highest BCUT2D eigenvalue weighted by Crippen LogP contribution is 2.22. The van der Waals surface area contributed by atoms with E-state index in [9.17, 15) is 22.8 Å². The van der Waals surface area contributed by atoms with Crippen molar-refractivity contribution in [2.24, 2.45) is 5.92 Å². The lowest BCUT2D eigenvalue weighted by molar-refractivity contribution is -0.173. The second kappa shape index (κ2) is 7.48. The van der Waals surface area contributed by atoms with Gasteiger partial charge in [0.25, 0.3) is 0 Å². The number of piperidine rings is 1. The van der Waals surface area contributed by atoms with Crippen molar-refractivity contribution in [1.82, 2.24) is 10.2 Å². The van der Waals surface area contributed by atoms with Gasteiger partial charge in [-0.05, 0) is 18.8 Å². The van der Waals surface area contributed by atoms with Crippen molar-refractivity contribution in [3.8, 4) is 0 Å². The molecule has 6 nitrogen and oxygen atoms in total. The Labute approximate surface area is 120 Å². The van der Waals surface area contributed by atoms with E-state index < -0.39 is 30.8 Å². The average Bonchev–Trinajstić information content (AvgIpc) is 2.36. The molecule has 0 saturated carbocycles. The highest BCUT2D eigenvalue weighted by atomic mass is 19.4. The van der Waals surface area contributed by atoms with E-state index in [1.54, 1.807) is 0 Å². The van der Waals surface area contributed by atoms with Gasteiger partial charge in [0, 0.05) is 13.1 Å². The largest absolute Gasteiger partial charge is 0.480 e. The number of hydrogen-bond donors (Lipinski definition) is 2. The number of nitrogens with one attached hydrogen (secondary N) is 1. The molecule has 0 aromatic heterocycles. The lowest BCUT2D eigenvalue weighted by Crippen LogP contribution is -2.53. The van der Waals surface area contributed by atoms with Crippen molar-refractivity contribution < 1.29 is 32.6 Å². The molecule has 2 amide bonds. The lowest BCUT2D eigenvalue weighted by Gasteiger charge is -2.35. The standard InChI is InChI=1S/C12H19F3N2O4/c1-8-2-4-17(9(6-8)10(18)19)11(20)16-3-5-21-7-12(13,14)15/h8-9H,2-7H2,1H3,(H,16,20)(H,18,19). The number of carbonyl (C=O) groups excluding carboxylic acids is 1. The number of carbonyl (C=O) groups is 2. The quantitative estimate of drug-likeness (QED) is 0.753. The van der Waals surface area contributed by atoms with E-state index in [0.717, 1.165) is 0 Å². The predicted octanol–water partition coefficient (Wildman–Crippen LogP) is 1.46. The molecule has 1 aliphatic heterocycles. The monoisotopic (exact) mass is 312 g/mol. The van der Waals surface area contributed by atoms with Gasteiger partial charge in [-0.3, -0.25) is 0 Å². The highest BCUT2D eigenvalue weighted by Gasteiger charge is 2.34. The van der Waals surface area contributed by atoms with Crippen LogP contribution in [0.25, 0.3) is 0 Å².